The summed E-state index contributed by atoms with van der Waals surface area (Å²) in [7, 11) is 3.63. The first-order valence-corrected chi connectivity index (χ1v) is 6.78. The van der Waals surface area contributed by atoms with Gasteiger partial charge in [-0.25, -0.2) is 4.98 Å². The number of hydrogen-bond donors (Lipinski definition) is 0. The highest BCUT2D eigenvalue weighted by atomic mass is 79.9. The molecule has 0 aromatic carbocycles. The van der Waals surface area contributed by atoms with Gasteiger partial charge in [0.05, 0.1) is 17.5 Å². The van der Waals surface area contributed by atoms with Gasteiger partial charge in [0.2, 0.25) is 11.8 Å². The van der Waals surface area contributed by atoms with Gasteiger partial charge >= 0.3 is 0 Å². The number of methoxy groups -OCH3 is 1. The lowest BCUT2D eigenvalue weighted by atomic mass is 10.4. The van der Waals surface area contributed by atoms with E-state index >= 15 is 0 Å². The molecule has 1 aromatic rings. The van der Waals surface area contributed by atoms with Crippen LogP contribution in [-0.4, -0.2) is 48.2 Å². The molecular formula is C12H20BrN3O2. The van der Waals surface area contributed by atoms with Crippen molar-refractivity contribution >= 4 is 21.9 Å². The molecule has 18 heavy (non-hydrogen) atoms. The molecule has 0 saturated carbocycles. The van der Waals surface area contributed by atoms with Crippen LogP contribution in [0.5, 0.6) is 5.88 Å². The van der Waals surface area contributed by atoms with E-state index < -0.39 is 0 Å². The number of ether oxygens (including phenoxy) is 2. The fraction of sp³-hybridized carbons (Fsp3) is 0.667. The van der Waals surface area contributed by atoms with E-state index in [1.165, 1.54) is 0 Å². The average molecular weight is 318 g/mol. The lowest BCUT2D eigenvalue weighted by Crippen LogP contribution is -2.29. The van der Waals surface area contributed by atoms with Crippen LogP contribution in [0.4, 0.5) is 5.95 Å². The molecular weight excluding hydrogens is 298 g/mol. The van der Waals surface area contributed by atoms with Crippen LogP contribution in [0.2, 0.25) is 0 Å². The Balaban J connectivity index is 2.64. The second kappa shape index (κ2) is 7.53. The molecule has 0 fully saturated rings. The Hall–Kier alpha value is -0.880. The lowest BCUT2D eigenvalue weighted by Gasteiger charge is -2.20. The van der Waals surface area contributed by atoms with E-state index in [0.29, 0.717) is 18.4 Å². The molecule has 0 spiro atoms. The van der Waals surface area contributed by atoms with Crippen molar-refractivity contribution in [1.29, 1.82) is 0 Å². The minimum Gasteiger partial charge on any atom is -0.475 e. The summed E-state index contributed by atoms with van der Waals surface area (Å²) in [6, 6.07) is 1.76. The Bertz CT molecular complexity index is 363. The van der Waals surface area contributed by atoms with Crippen molar-refractivity contribution < 1.29 is 9.47 Å². The van der Waals surface area contributed by atoms with Crippen LogP contribution in [0.3, 0.4) is 0 Å². The third-order valence-corrected chi connectivity index (χ3v) is 2.69. The second-order valence-electron chi connectivity index (χ2n) is 4.29. The van der Waals surface area contributed by atoms with Gasteiger partial charge in [-0.05, 0) is 13.8 Å². The molecule has 5 nitrogen and oxygen atoms in total. The molecule has 0 N–H and O–H groups in total. The summed E-state index contributed by atoms with van der Waals surface area (Å²) in [4.78, 5) is 10.8. The SMILES string of the molecule is COCC(Br)CN(C)c1nccc(OC(C)C)n1. The smallest absolute Gasteiger partial charge is 0.228 e. The van der Waals surface area contributed by atoms with Crippen molar-refractivity contribution in [2.24, 2.45) is 0 Å². The standard InChI is InChI=1S/C12H20BrN3O2/c1-9(2)18-11-5-6-14-12(15-11)16(3)7-10(13)8-17-4/h5-6,9-10H,7-8H2,1-4H3. The van der Waals surface area contributed by atoms with Gasteiger partial charge in [-0.1, -0.05) is 15.9 Å². The molecule has 1 rings (SSSR count). The topological polar surface area (TPSA) is 47.5 Å². The van der Waals surface area contributed by atoms with Crippen molar-refractivity contribution in [3.05, 3.63) is 12.3 Å². The molecule has 1 unspecified atom stereocenters. The third kappa shape index (κ3) is 5.18. The summed E-state index contributed by atoms with van der Waals surface area (Å²) in [6.45, 7) is 5.35. The van der Waals surface area contributed by atoms with Gasteiger partial charge in [0.1, 0.15) is 0 Å². The first-order valence-electron chi connectivity index (χ1n) is 5.86. The van der Waals surface area contributed by atoms with E-state index in [4.69, 9.17) is 9.47 Å². The van der Waals surface area contributed by atoms with Crippen LogP contribution in [0.1, 0.15) is 13.8 Å². The molecule has 0 radical (unpaired) electrons. The van der Waals surface area contributed by atoms with E-state index in [-0.39, 0.29) is 10.9 Å². The third-order valence-electron chi connectivity index (χ3n) is 2.13. The zero-order valence-electron chi connectivity index (χ0n) is 11.3. The van der Waals surface area contributed by atoms with Gasteiger partial charge in [0.25, 0.3) is 0 Å². The summed E-state index contributed by atoms with van der Waals surface area (Å²) < 4.78 is 10.6. The van der Waals surface area contributed by atoms with Crippen LogP contribution < -0.4 is 9.64 Å². The van der Waals surface area contributed by atoms with Crippen LogP contribution >= 0.6 is 15.9 Å². The highest BCUT2D eigenvalue weighted by molar-refractivity contribution is 9.09. The van der Waals surface area contributed by atoms with Crippen molar-refractivity contribution in [1.82, 2.24) is 9.97 Å². The highest BCUT2D eigenvalue weighted by Crippen LogP contribution is 2.14. The number of halogens is 1. The fourth-order valence-corrected chi connectivity index (χ4v) is 2.13. The Kier molecular flexibility index (Phi) is 6.35. The van der Waals surface area contributed by atoms with Crippen LogP contribution in [0.25, 0.3) is 0 Å². The molecule has 0 saturated heterocycles. The van der Waals surface area contributed by atoms with Gasteiger partial charge in [-0.3, -0.25) is 0 Å². The largest absolute Gasteiger partial charge is 0.475 e. The quantitative estimate of drug-likeness (QED) is 0.721. The zero-order chi connectivity index (χ0) is 13.5. The van der Waals surface area contributed by atoms with E-state index in [2.05, 4.69) is 25.9 Å². The average Bonchev–Trinajstić information content (AvgIpc) is 2.28. The van der Waals surface area contributed by atoms with E-state index in [1.807, 2.05) is 25.8 Å². The molecule has 1 aromatic heterocycles. The molecule has 1 atom stereocenters. The number of hydrogen-bond acceptors (Lipinski definition) is 5. The van der Waals surface area contributed by atoms with Gasteiger partial charge in [-0.2, -0.15) is 4.98 Å². The lowest BCUT2D eigenvalue weighted by molar-refractivity contribution is 0.201. The van der Waals surface area contributed by atoms with Gasteiger partial charge < -0.3 is 14.4 Å². The maximum absolute atomic E-state index is 5.54. The first kappa shape index (κ1) is 15.2. The van der Waals surface area contributed by atoms with E-state index in [0.717, 1.165) is 6.54 Å². The van der Waals surface area contributed by atoms with Gasteiger partial charge in [0, 0.05) is 33.0 Å². The van der Waals surface area contributed by atoms with Crippen molar-refractivity contribution in [2.45, 2.75) is 24.8 Å². The Labute approximate surface area is 117 Å². The predicted molar refractivity (Wildman–Crippen MR) is 75.7 cm³/mol. The summed E-state index contributed by atoms with van der Waals surface area (Å²) >= 11 is 3.54. The maximum Gasteiger partial charge on any atom is 0.228 e. The van der Waals surface area contributed by atoms with Gasteiger partial charge in [0.15, 0.2) is 0 Å². The number of alkyl halides is 1. The number of aromatic nitrogens is 2. The second-order valence-corrected chi connectivity index (χ2v) is 5.59. The number of rotatable bonds is 7. The molecule has 0 aliphatic heterocycles. The molecule has 0 aliphatic rings. The minimum absolute atomic E-state index is 0.107. The van der Waals surface area contributed by atoms with E-state index in [9.17, 15) is 0 Å². The normalized spacial score (nSPS) is 12.6. The summed E-state index contributed by atoms with van der Waals surface area (Å²) in [5.74, 6) is 1.24. The van der Waals surface area contributed by atoms with Crippen molar-refractivity contribution in [3.63, 3.8) is 0 Å². The Morgan fingerprint density at radius 2 is 2.17 bits per heavy atom. The summed E-state index contributed by atoms with van der Waals surface area (Å²) in [5.41, 5.74) is 0. The number of anilines is 1. The van der Waals surface area contributed by atoms with Crippen molar-refractivity contribution in [2.75, 3.05) is 32.2 Å². The van der Waals surface area contributed by atoms with Crippen LogP contribution in [0.15, 0.2) is 12.3 Å². The molecule has 0 aliphatic carbocycles. The van der Waals surface area contributed by atoms with Crippen LogP contribution in [0, 0.1) is 0 Å². The van der Waals surface area contributed by atoms with E-state index in [1.54, 1.807) is 19.4 Å². The predicted octanol–water partition coefficient (Wildman–Crippen LogP) is 2.11. The van der Waals surface area contributed by atoms with Crippen LogP contribution in [-0.2, 0) is 4.74 Å². The minimum atomic E-state index is 0.107. The first-order chi connectivity index (χ1) is 8.52. The molecule has 0 amide bonds. The molecule has 0 bridgehead atoms. The highest BCUT2D eigenvalue weighted by Gasteiger charge is 2.11. The van der Waals surface area contributed by atoms with Crippen molar-refractivity contribution in [3.8, 4) is 5.88 Å². The zero-order valence-corrected chi connectivity index (χ0v) is 12.8. The monoisotopic (exact) mass is 317 g/mol. The Morgan fingerprint density at radius 3 is 2.78 bits per heavy atom. The summed E-state index contributed by atoms with van der Waals surface area (Å²) in [5, 5.41) is 0. The Morgan fingerprint density at radius 1 is 1.44 bits per heavy atom. The fourth-order valence-electron chi connectivity index (χ4n) is 1.44. The molecule has 1 heterocycles. The molecule has 102 valence electrons. The maximum atomic E-state index is 5.54. The molecule has 6 heteroatoms. The number of nitrogens with zero attached hydrogens (tertiary/aromatic N) is 3. The van der Waals surface area contributed by atoms with Gasteiger partial charge in [-0.15, -0.1) is 0 Å². The summed E-state index contributed by atoms with van der Waals surface area (Å²) in [6.07, 6.45) is 1.81.